The molecular formula is C7H11N3O2. The molecule has 0 amide bonds. The Hall–Kier alpha value is -1.36. The van der Waals surface area contributed by atoms with Crippen molar-refractivity contribution in [3.63, 3.8) is 0 Å². The van der Waals surface area contributed by atoms with E-state index in [1.54, 1.807) is 24.0 Å². The summed E-state index contributed by atoms with van der Waals surface area (Å²) in [4.78, 5) is 10.3. The highest BCUT2D eigenvalue weighted by atomic mass is 16.4. The van der Waals surface area contributed by atoms with Crippen LogP contribution in [0.3, 0.4) is 0 Å². The van der Waals surface area contributed by atoms with Gasteiger partial charge in [0.2, 0.25) is 0 Å². The van der Waals surface area contributed by atoms with Crippen molar-refractivity contribution in [2.24, 2.45) is 12.8 Å². The highest BCUT2D eigenvalue weighted by Gasteiger charge is 2.12. The quantitative estimate of drug-likeness (QED) is 0.661. The lowest BCUT2D eigenvalue weighted by atomic mass is 10.1. The van der Waals surface area contributed by atoms with Crippen LogP contribution in [0.25, 0.3) is 0 Å². The highest BCUT2D eigenvalue weighted by Crippen LogP contribution is 2.11. The molecule has 0 aromatic carbocycles. The van der Waals surface area contributed by atoms with E-state index < -0.39 is 12.0 Å². The number of carboxylic acids is 1. The number of carboxylic acid groups (broad SMARTS) is 1. The molecule has 0 aliphatic carbocycles. The number of carbonyl (C=O) groups is 1. The fourth-order valence-corrected chi connectivity index (χ4v) is 1.04. The fourth-order valence-electron chi connectivity index (χ4n) is 1.04. The van der Waals surface area contributed by atoms with E-state index in [0.717, 1.165) is 5.69 Å². The second kappa shape index (κ2) is 3.36. The van der Waals surface area contributed by atoms with Gasteiger partial charge in [0.1, 0.15) is 0 Å². The van der Waals surface area contributed by atoms with Crippen LogP contribution in [0.2, 0.25) is 0 Å². The smallest absolute Gasteiger partial charge is 0.305 e. The van der Waals surface area contributed by atoms with Crippen molar-refractivity contribution < 1.29 is 9.90 Å². The van der Waals surface area contributed by atoms with Gasteiger partial charge in [-0.2, -0.15) is 5.10 Å². The summed E-state index contributed by atoms with van der Waals surface area (Å²) in [6.45, 7) is 0. The summed E-state index contributed by atoms with van der Waals surface area (Å²) in [5.41, 5.74) is 6.33. The summed E-state index contributed by atoms with van der Waals surface area (Å²) in [5, 5.41) is 12.4. The molecule has 0 spiro atoms. The molecule has 1 atom stereocenters. The van der Waals surface area contributed by atoms with Crippen molar-refractivity contribution in [2.75, 3.05) is 0 Å². The van der Waals surface area contributed by atoms with Gasteiger partial charge >= 0.3 is 5.97 Å². The Bertz CT molecular complexity index is 282. The minimum absolute atomic E-state index is 0.0699. The van der Waals surface area contributed by atoms with Crippen LogP contribution < -0.4 is 5.73 Å². The number of nitrogens with zero attached hydrogens (tertiary/aromatic N) is 2. The standard InChI is InChI=1S/C7H11N3O2/c1-10-6(2-3-9-10)5(8)4-7(11)12/h2-3,5H,4,8H2,1H3,(H,11,12). The molecule has 0 radical (unpaired) electrons. The number of rotatable bonds is 3. The Morgan fingerprint density at radius 2 is 2.58 bits per heavy atom. The normalized spacial score (nSPS) is 12.8. The van der Waals surface area contributed by atoms with Gasteiger partial charge in [0.25, 0.3) is 0 Å². The molecule has 12 heavy (non-hydrogen) atoms. The van der Waals surface area contributed by atoms with Gasteiger partial charge < -0.3 is 10.8 Å². The lowest BCUT2D eigenvalue weighted by Gasteiger charge is -2.08. The number of aryl methyl sites for hydroxylation is 1. The zero-order valence-electron chi connectivity index (χ0n) is 6.77. The minimum Gasteiger partial charge on any atom is -0.481 e. The van der Waals surface area contributed by atoms with Gasteiger partial charge in [-0.15, -0.1) is 0 Å². The third kappa shape index (κ3) is 1.82. The lowest BCUT2D eigenvalue weighted by molar-refractivity contribution is -0.137. The molecule has 0 fully saturated rings. The average molecular weight is 169 g/mol. The number of nitrogens with two attached hydrogens (primary N) is 1. The highest BCUT2D eigenvalue weighted by molar-refractivity contribution is 5.67. The predicted molar refractivity (Wildman–Crippen MR) is 42.4 cm³/mol. The van der Waals surface area contributed by atoms with Crippen molar-refractivity contribution in [3.05, 3.63) is 18.0 Å². The Morgan fingerprint density at radius 3 is 3.00 bits per heavy atom. The molecule has 0 aliphatic rings. The van der Waals surface area contributed by atoms with E-state index in [9.17, 15) is 4.79 Å². The summed E-state index contributed by atoms with van der Waals surface area (Å²) >= 11 is 0. The van der Waals surface area contributed by atoms with Gasteiger partial charge in [0.05, 0.1) is 18.2 Å². The molecule has 0 aliphatic heterocycles. The first-order chi connectivity index (χ1) is 5.61. The van der Waals surface area contributed by atoms with Gasteiger partial charge in [0, 0.05) is 13.2 Å². The molecule has 1 aromatic rings. The molecule has 5 nitrogen and oxygen atoms in total. The van der Waals surface area contributed by atoms with Crippen LogP contribution in [-0.4, -0.2) is 20.9 Å². The summed E-state index contributed by atoms with van der Waals surface area (Å²) in [6, 6.07) is 1.24. The zero-order chi connectivity index (χ0) is 9.14. The van der Waals surface area contributed by atoms with Crippen LogP contribution in [-0.2, 0) is 11.8 Å². The Labute approximate surface area is 69.8 Å². The number of aliphatic carboxylic acids is 1. The van der Waals surface area contributed by atoms with Crippen LogP contribution in [0.15, 0.2) is 12.3 Å². The molecule has 5 heteroatoms. The predicted octanol–water partition coefficient (Wildman–Crippen LogP) is -0.105. The van der Waals surface area contributed by atoms with Crippen molar-refractivity contribution in [3.8, 4) is 0 Å². The third-order valence-electron chi connectivity index (χ3n) is 1.63. The van der Waals surface area contributed by atoms with E-state index in [4.69, 9.17) is 10.8 Å². The minimum atomic E-state index is -0.899. The van der Waals surface area contributed by atoms with Crippen LogP contribution in [0.4, 0.5) is 0 Å². The summed E-state index contributed by atoms with van der Waals surface area (Å²) < 4.78 is 1.58. The van der Waals surface area contributed by atoms with E-state index in [-0.39, 0.29) is 6.42 Å². The van der Waals surface area contributed by atoms with Gasteiger partial charge in [-0.1, -0.05) is 0 Å². The van der Waals surface area contributed by atoms with Crippen molar-refractivity contribution in [2.45, 2.75) is 12.5 Å². The topological polar surface area (TPSA) is 81.1 Å². The van der Waals surface area contributed by atoms with E-state index in [0.29, 0.717) is 0 Å². The van der Waals surface area contributed by atoms with Crippen LogP contribution in [0.1, 0.15) is 18.2 Å². The largest absolute Gasteiger partial charge is 0.481 e. The number of aromatic nitrogens is 2. The molecule has 1 rings (SSSR count). The first-order valence-electron chi connectivity index (χ1n) is 3.56. The maximum absolute atomic E-state index is 10.3. The van der Waals surface area contributed by atoms with Gasteiger partial charge in [-0.25, -0.2) is 0 Å². The SMILES string of the molecule is Cn1nccc1C(N)CC(=O)O. The van der Waals surface area contributed by atoms with Crippen molar-refractivity contribution in [1.29, 1.82) is 0 Å². The van der Waals surface area contributed by atoms with Crippen molar-refractivity contribution in [1.82, 2.24) is 9.78 Å². The summed E-state index contributed by atoms with van der Waals surface area (Å²) in [5.74, 6) is -0.899. The number of hydrogen-bond acceptors (Lipinski definition) is 3. The van der Waals surface area contributed by atoms with Gasteiger partial charge in [-0.05, 0) is 6.07 Å². The Kier molecular flexibility index (Phi) is 2.44. The van der Waals surface area contributed by atoms with Gasteiger partial charge in [-0.3, -0.25) is 9.48 Å². The van der Waals surface area contributed by atoms with Crippen LogP contribution >= 0.6 is 0 Å². The van der Waals surface area contributed by atoms with E-state index in [1.807, 2.05) is 0 Å². The molecule has 1 heterocycles. The number of hydrogen-bond donors (Lipinski definition) is 2. The van der Waals surface area contributed by atoms with Crippen molar-refractivity contribution >= 4 is 5.97 Å². The lowest BCUT2D eigenvalue weighted by Crippen LogP contribution is -2.18. The van der Waals surface area contributed by atoms with Crippen LogP contribution in [0, 0.1) is 0 Å². The monoisotopic (exact) mass is 169 g/mol. The molecule has 3 N–H and O–H groups in total. The second-order valence-corrected chi connectivity index (χ2v) is 2.58. The molecule has 0 bridgehead atoms. The maximum atomic E-state index is 10.3. The molecule has 1 aromatic heterocycles. The molecule has 66 valence electrons. The molecular weight excluding hydrogens is 158 g/mol. The summed E-state index contributed by atoms with van der Waals surface area (Å²) in [6.07, 6.45) is 1.52. The van der Waals surface area contributed by atoms with Gasteiger partial charge in [0.15, 0.2) is 0 Å². The fraction of sp³-hybridized carbons (Fsp3) is 0.429. The third-order valence-corrected chi connectivity index (χ3v) is 1.63. The summed E-state index contributed by atoms with van der Waals surface area (Å²) in [7, 11) is 1.73. The van der Waals surface area contributed by atoms with Crippen LogP contribution in [0.5, 0.6) is 0 Å². The van der Waals surface area contributed by atoms with E-state index >= 15 is 0 Å². The molecule has 0 saturated carbocycles. The Morgan fingerprint density at radius 1 is 1.92 bits per heavy atom. The average Bonchev–Trinajstić information content (AvgIpc) is 2.33. The first kappa shape index (κ1) is 8.73. The zero-order valence-corrected chi connectivity index (χ0v) is 6.77. The van der Waals surface area contributed by atoms with E-state index in [1.165, 1.54) is 0 Å². The molecule has 1 unspecified atom stereocenters. The maximum Gasteiger partial charge on any atom is 0.305 e. The second-order valence-electron chi connectivity index (χ2n) is 2.58. The molecule has 0 saturated heterocycles. The Balaban J connectivity index is 2.71. The van der Waals surface area contributed by atoms with E-state index in [2.05, 4.69) is 5.10 Å². The first-order valence-corrected chi connectivity index (χ1v) is 3.56.